The number of hydrogen-bond donors (Lipinski definition) is 0. The summed E-state index contributed by atoms with van der Waals surface area (Å²) in [4.78, 5) is 2.82. The molecule has 0 aliphatic carbocycles. The molecular formula is C6H3Cl2FN2. The first-order valence-corrected chi connectivity index (χ1v) is 2.92. The highest BCUT2D eigenvalue weighted by atomic mass is 35.5. The van der Waals surface area contributed by atoms with Crippen molar-refractivity contribution in [3.63, 3.8) is 0 Å². The third-order valence-electron chi connectivity index (χ3n) is 1.02. The van der Waals surface area contributed by atoms with E-state index in [0.29, 0.717) is 0 Å². The molecule has 1 aromatic rings. The van der Waals surface area contributed by atoms with Gasteiger partial charge < -0.3 is 12.4 Å². The van der Waals surface area contributed by atoms with E-state index < -0.39 is 5.82 Å². The molecule has 0 aliphatic rings. The minimum atomic E-state index is -0.519. The lowest BCUT2D eigenvalue weighted by molar-refractivity contribution is -0.00000275. The highest BCUT2D eigenvalue weighted by molar-refractivity contribution is 6.31. The number of nitrogens with zero attached hydrogens (tertiary/aromatic N) is 2. The summed E-state index contributed by atoms with van der Waals surface area (Å²) >= 11 is 5.35. The van der Waals surface area contributed by atoms with Gasteiger partial charge in [-0.2, -0.15) is 0 Å². The maximum atomic E-state index is 12.4. The summed E-state index contributed by atoms with van der Waals surface area (Å²) in [7, 11) is 0. The Morgan fingerprint density at radius 3 is 2.55 bits per heavy atom. The molecule has 0 N–H and O–H groups in total. The summed E-state index contributed by atoms with van der Waals surface area (Å²) in [6, 6.07) is 3.69. The van der Waals surface area contributed by atoms with Crippen molar-refractivity contribution < 1.29 is 16.8 Å². The molecule has 0 saturated heterocycles. The van der Waals surface area contributed by atoms with E-state index >= 15 is 0 Å². The second-order valence-electron chi connectivity index (χ2n) is 1.70. The third kappa shape index (κ3) is 2.34. The minimum absolute atomic E-state index is 0. The van der Waals surface area contributed by atoms with Gasteiger partial charge in [-0.1, -0.05) is 11.6 Å². The van der Waals surface area contributed by atoms with Crippen molar-refractivity contribution in [1.82, 2.24) is 0 Å². The molecule has 2 nitrogen and oxygen atoms in total. The molecule has 0 saturated carbocycles. The van der Waals surface area contributed by atoms with Crippen molar-refractivity contribution in [3.05, 3.63) is 34.0 Å². The average molecular weight is 193 g/mol. The van der Waals surface area contributed by atoms with Crippen LogP contribution >= 0.6 is 11.6 Å². The lowest BCUT2D eigenvalue weighted by Gasteiger charge is -1.85. The lowest BCUT2D eigenvalue weighted by atomic mass is 10.3. The van der Waals surface area contributed by atoms with Crippen LogP contribution in [0.5, 0.6) is 0 Å². The maximum absolute atomic E-state index is 12.4. The van der Waals surface area contributed by atoms with Gasteiger partial charge in [0.1, 0.15) is 5.82 Å². The number of hydrogen-bond acceptors (Lipinski definition) is 1. The molecule has 5 heteroatoms. The number of benzene rings is 1. The molecule has 11 heavy (non-hydrogen) atoms. The molecule has 0 atom stereocenters. The molecule has 0 amide bonds. The molecule has 0 heterocycles. The fraction of sp³-hybridized carbons (Fsp3) is 0. The van der Waals surface area contributed by atoms with Crippen LogP contribution in [0.25, 0.3) is 4.98 Å². The predicted molar refractivity (Wildman–Crippen MR) is 36.2 cm³/mol. The number of halogens is 3. The smallest absolute Gasteiger partial charge is 0.386 e. The van der Waals surface area contributed by atoms with Crippen LogP contribution < -0.4 is 12.4 Å². The molecule has 0 aromatic heterocycles. The Hall–Kier alpha value is -0.850. The standard InChI is InChI=1S/C6H3ClFN2.ClH/c7-5-3-4(10-9)1-2-6(5)8;/h1-3H;1H/q+1;/p-1. The molecule has 0 aliphatic heterocycles. The van der Waals surface area contributed by atoms with Crippen molar-refractivity contribution in [3.8, 4) is 0 Å². The van der Waals surface area contributed by atoms with Crippen LogP contribution in [0.15, 0.2) is 18.2 Å². The third-order valence-corrected chi connectivity index (χ3v) is 1.31. The Bertz CT molecular complexity index is 295. The highest BCUT2D eigenvalue weighted by Crippen LogP contribution is 2.20. The van der Waals surface area contributed by atoms with E-state index in [1.807, 2.05) is 0 Å². The highest BCUT2D eigenvalue weighted by Gasteiger charge is 2.07. The molecule has 1 rings (SSSR count). The first-order valence-electron chi connectivity index (χ1n) is 2.54. The number of diazo groups is 1. The Morgan fingerprint density at radius 2 is 2.09 bits per heavy atom. The van der Waals surface area contributed by atoms with E-state index in [1.54, 1.807) is 0 Å². The Morgan fingerprint density at radius 1 is 1.45 bits per heavy atom. The van der Waals surface area contributed by atoms with E-state index in [4.69, 9.17) is 17.0 Å². The first kappa shape index (κ1) is 10.2. The van der Waals surface area contributed by atoms with E-state index in [2.05, 4.69) is 4.98 Å². The molecule has 0 bridgehead atoms. The molecule has 1 aromatic carbocycles. The Kier molecular flexibility index (Phi) is 3.80. The predicted octanol–water partition coefficient (Wildman–Crippen LogP) is -0.0323. The molecular weight excluding hydrogens is 190 g/mol. The Balaban J connectivity index is 0.000001000. The zero-order valence-electron chi connectivity index (χ0n) is 5.26. The van der Waals surface area contributed by atoms with E-state index in [-0.39, 0.29) is 23.1 Å². The van der Waals surface area contributed by atoms with Gasteiger partial charge in [-0.3, -0.25) is 0 Å². The zero-order valence-corrected chi connectivity index (χ0v) is 6.77. The van der Waals surface area contributed by atoms with Gasteiger partial charge in [-0.25, -0.2) is 4.39 Å². The fourth-order valence-corrected chi connectivity index (χ4v) is 0.722. The SMILES string of the molecule is N#[N+]c1ccc(F)c(Cl)c1.[Cl-]. The molecule has 0 radical (unpaired) electrons. The monoisotopic (exact) mass is 192 g/mol. The summed E-state index contributed by atoms with van der Waals surface area (Å²) in [5.74, 6) is -0.519. The minimum Gasteiger partial charge on any atom is -1.00 e. The second-order valence-corrected chi connectivity index (χ2v) is 2.11. The van der Waals surface area contributed by atoms with Crippen molar-refractivity contribution >= 4 is 17.3 Å². The molecule has 0 spiro atoms. The quantitative estimate of drug-likeness (QED) is 0.531. The summed E-state index contributed by atoms with van der Waals surface area (Å²) in [5.41, 5.74) is 0.242. The largest absolute Gasteiger partial charge is 1.00 e. The summed E-state index contributed by atoms with van der Waals surface area (Å²) < 4.78 is 12.4. The Labute approximate surface area is 74.0 Å². The fourth-order valence-electron chi connectivity index (χ4n) is 0.547. The van der Waals surface area contributed by atoms with Crippen molar-refractivity contribution in [1.29, 1.82) is 5.39 Å². The van der Waals surface area contributed by atoms with Gasteiger partial charge in [0.2, 0.25) is 5.39 Å². The van der Waals surface area contributed by atoms with E-state index in [0.717, 1.165) is 6.07 Å². The van der Waals surface area contributed by atoms with Crippen LogP contribution in [-0.2, 0) is 0 Å². The van der Waals surface area contributed by atoms with E-state index in [9.17, 15) is 4.39 Å². The summed E-state index contributed by atoms with van der Waals surface area (Å²) in [6.07, 6.45) is 0. The van der Waals surface area contributed by atoms with Crippen LogP contribution in [0, 0.1) is 11.2 Å². The molecule has 58 valence electrons. The van der Waals surface area contributed by atoms with Gasteiger partial charge in [-0.15, -0.1) is 0 Å². The van der Waals surface area contributed by atoms with Gasteiger partial charge >= 0.3 is 5.69 Å². The zero-order chi connectivity index (χ0) is 7.56. The van der Waals surface area contributed by atoms with Crippen molar-refractivity contribution in [2.75, 3.05) is 0 Å². The maximum Gasteiger partial charge on any atom is 0.386 e. The van der Waals surface area contributed by atoms with Crippen LogP contribution in [0.2, 0.25) is 5.02 Å². The van der Waals surface area contributed by atoms with Gasteiger partial charge in [0.25, 0.3) is 0 Å². The first-order chi connectivity index (χ1) is 4.74. The van der Waals surface area contributed by atoms with Crippen LogP contribution in [-0.4, -0.2) is 0 Å². The molecule has 0 unspecified atom stereocenters. The van der Waals surface area contributed by atoms with Crippen LogP contribution in [0.1, 0.15) is 0 Å². The van der Waals surface area contributed by atoms with Crippen LogP contribution in [0.4, 0.5) is 10.1 Å². The van der Waals surface area contributed by atoms with Gasteiger partial charge in [0.05, 0.1) is 11.1 Å². The normalized spacial score (nSPS) is 8.09. The summed E-state index contributed by atoms with van der Waals surface area (Å²) in [6.45, 7) is 0. The topological polar surface area (TPSA) is 28.1 Å². The average Bonchev–Trinajstić information content (AvgIpc) is 1.95. The summed E-state index contributed by atoms with van der Waals surface area (Å²) in [5, 5.41) is 8.15. The van der Waals surface area contributed by atoms with Crippen LogP contribution in [0.3, 0.4) is 0 Å². The van der Waals surface area contributed by atoms with Gasteiger partial charge in [-0.05, 0) is 6.07 Å². The van der Waals surface area contributed by atoms with Gasteiger partial charge in [0, 0.05) is 6.07 Å². The van der Waals surface area contributed by atoms with Gasteiger partial charge in [0.15, 0.2) is 4.98 Å². The lowest BCUT2D eigenvalue weighted by Crippen LogP contribution is -3.00. The van der Waals surface area contributed by atoms with Crippen molar-refractivity contribution in [2.24, 2.45) is 0 Å². The second kappa shape index (κ2) is 4.12. The van der Waals surface area contributed by atoms with Crippen molar-refractivity contribution in [2.45, 2.75) is 0 Å². The molecule has 0 fully saturated rings. The van der Waals surface area contributed by atoms with E-state index in [1.165, 1.54) is 12.1 Å². The number of rotatable bonds is 0.